The first-order chi connectivity index (χ1) is 11.2. The van der Waals surface area contributed by atoms with E-state index in [4.69, 9.17) is 0 Å². The Labute approximate surface area is 162 Å². The molecule has 2 heteroatoms. The highest BCUT2D eigenvalue weighted by Gasteiger charge is 2.19. The van der Waals surface area contributed by atoms with Crippen molar-refractivity contribution in [1.82, 2.24) is 0 Å². The van der Waals surface area contributed by atoms with Gasteiger partial charge in [0.25, 0.3) is 0 Å². The Morgan fingerprint density at radius 2 is 0.696 bits per heavy atom. The molecule has 0 aliphatic heterocycles. The van der Waals surface area contributed by atoms with Crippen LogP contribution >= 0.6 is 28.4 Å². The fraction of sp³-hybridized carbons (Fsp3) is 1.00. The number of unbranched alkanes of at least 4 members (excludes halogenated alkanes) is 12. The van der Waals surface area contributed by atoms with Gasteiger partial charge >= 0.3 is 0 Å². The minimum absolute atomic E-state index is 0.331. The van der Waals surface area contributed by atoms with Crippen LogP contribution in [0.1, 0.15) is 117 Å². The molecule has 0 bridgehead atoms. The van der Waals surface area contributed by atoms with Crippen LogP contribution in [0.15, 0.2) is 0 Å². The summed E-state index contributed by atoms with van der Waals surface area (Å²) in [5, 5.41) is 0. The quantitative estimate of drug-likeness (QED) is 0.143. The van der Waals surface area contributed by atoms with E-state index in [9.17, 15) is 0 Å². The first-order valence-electron chi connectivity index (χ1n) is 10.6. The van der Waals surface area contributed by atoms with Crippen LogP contribution in [0, 0.1) is 0 Å². The van der Waals surface area contributed by atoms with Crippen molar-refractivity contribution in [3.8, 4) is 0 Å². The minimum Gasteiger partial charge on any atom is -0.187 e. The second-order valence-electron chi connectivity index (χ2n) is 7.29. The molecule has 0 nitrogen and oxygen atoms in total. The van der Waals surface area contributed by atoms with Gasteiger partial charge in [0, 0.05) is 0 Å². The number of hydrogen-bond acceptors (Lipinski definition) is 0. The van der Waals surface area contributed by atoms with Gasteiger partial charge in [0.15, 0.2) is 0 Å². The summed E-state index contributed by atoms with van der Waals surface area (Å²) in [7, 11) is -0.331. The summed E-state index contributed by atoms with van der Waals surface area (Å²) in [6, 6.07) is 0. The molecule has 0 aromatic carbocycles. The van der Waals surface area contributed by atoms with Gasteiger partial charge in [-0.1, -0.05) is 97.8 Å². The lowest BCUT2D eigenvalue weighted by molar-refractivity contribution is 0.648. The lowest BCUT2D eigenvalue weighted by Gasteiger charge is -2.34. The second kappa shape index (κ2) is 17.9. The molecule has 0 spiro atoms. The van der Waals surface area contributed by atoms with E-state index >= 15 is 0 Å². The second-order valence-corrected chi connectivity index (χ2v) is 16.0. The lowest BCUT2D eigenvalue weighted by atomic mass is 10.2. The normalized spacial score (nSPS) is 12.7. The van der Waals surface area contributed by atoms with E-state index in [2.05, 4.69) is 42.0 Å². The Hall–Kier alpha value is 1.08. The summed E-state index contributed by atoms with van der Waals surface area (Å²) in [5.41, 5.74) is 0. The molecule has 0 N–H and O–H groups in total. The van der Waals surface area contributed by atoms with Crippen LogP contribution in [0.2, 0.25) is 0 Å². The zero-order valence-corrected chi connectivity index (χ0v) is 19.5. The van der Waals surface area contributed by atoms with Gasteiger partial charge in [-0.05, 0) is 57.7 Å². The molecule has 0 aromatic rings. The highest BCUT2D eigenvalue weighted by molar-refractivity contribution is 14.2. The average molecular weight is 457 g/mol. The smallest absolute Gasteiger partial charge is 0.0144 e. The maximum absolute atomic E-state index is 2.94. The summed E-state index contributed by atoms with van der Waals surface area (Å²) < 4.78 is 0. The van der Waals surface area contributed by atoms with Crippen molar-refractivity contribution >= 4 is 28.4 Å². The van der Waals surface area contributed by atoms with Crippen molar-refractivity contribution in [1.29, 1.82) is 0 Å². The zero-order valence-electron chi connectivity index (χ0n) is 16.5. The van der Waals surface area contributed by atoms with Gasteiger partial charge in [0.2, 0.25) is 0 Å². The maximum atomic E-state index is 2.94. The van der Waals surface area contributed by atoms with Crippen LogP contribution in [-0.4, -0.2) is 17.3 Å². The van der Waals surface area contributed by atoms with Crippen molar-refractivity contribution in [2.45, 2.75) is 117 Å². The van der Waals surface area contributed by atoms with Gasteiger partial charge in [-0.15, -0.1) is 0 Å². The predicted octanol–water partition coefficient (Wildman–Crippen LogP) is 9.05. The van der Waals surface area contributed by atoms with Crippen molar-refractivity contribution in [3.05, 3.63) is 0 Å². The van der Waals surface area contributed by atoms with E-state index in [-0.39, 0.29) is 7.20 Å². The van der Waals surface area contributed by atoms with Crippen LogP contribution in [0.3, 0.4) is 0 Å². The Balaban J connectivity index is 4.00. The van der Waals surface area contributed by atoms with E-state index in [0.29, 0.717) is 0 Å². The van der Waals surface area contributed by atoms with Crippen LogP contribution in [-0.2, 0) is 0 Å². The van der Waals surface area contributed by atoms with E-state index in [1.165, 1.54) is 96.3 Å². The van der Waals surface area contributed by atoms with Crippen LogP contribution in [0.4, 0.5) is 0 Å². The fourth-order valence-corrected chi connectivity index (χ4v) is 8.78. The standard InChI is InChI=1S/C21H45IS/c1-4-7-10-13-16-19-23(22,20-17-14-11-8-5-2)21-18-15-12-9-6-3/h4-21H2,1-3H3. The maximum Gasteiger partial charge on any atom is -0.0144 e. The van der Waals surface area contributed by atoms with Crippen molar-refractivity contribution in [2.24, 2.45) is 0 Å². The lowest BCUT2D eigenvalue weighted by Crippen LogP contribution is -2.08. The molecule has 0 aliphatic rings. The summed E-state index contributed by atoms with van der Waals surface area (Å²) in [4.78, 5) is 0. The van der Waals surface area contributed by atoms with Gasteiger partial charge in [0.05, 0.1) is 0 Å². The van der Waals surface area contributed by atoms with Gasteiger partial charge in [-0.3, -0.25) is 0 Å². The van der Waals surface area contributed by atoms with Crippen molar-refractivity contribution in [2.75, 3.05) is 17.3 Å². The minimum atomic E-state index is -0.331. The van der Waals surface area contributed by atoms with E-state index in [1.807, 2.05) is 0 Å². The topological polar surface area (TPSA) is 0 Å². The Morgan fingerprint density at radius 1 is 0.435 bits per heavy atom. The van der Waals surface area contributed by atoms with E-state index < -0.39 is 0 Å². The molecule has 142 valence electrons. The molecule has 0 amide bonds. The predicted molar refractivity (Wildman–Crippen MR) is 122 cm³/mol. The fourth-order valence-electron chi connectivity index (χ4n) is 3.20. The third-order valence-corrected chi connectivity index (χ3v) is 11.9. The molecule has 0 fully saturated rings. The molecular formula is C21H45IS. The first kappa shape index (κ1) is 24.1. The molecule has 0 saturated heterocycles. The van der Waals surface area contributed by atoms with Crippen LogP contribution < -0.4 is 0 Å². The van der Waals surface area contributed by atoms with Crippen LogP contribution in [0.25, 0.3) is 0 Å². The third kappa shape index (κ3) is 16.3. The zero-order chi connectivity index (χ0) is 17.2. The average Bonchev–Trinajstić information content (AvgIpc) is 2.54. The number of hydrogen-bond donors (Lipinski definition) is 0. The molecule has 0 heterocycles. The summed E-state index contributed by atoms with van der Waals surface area (Å²) in [5.74, 6) is 4.66. The molecule has 0 aliphatic carbocycles. The van der Waals surface area contributed by atoms with Crippen molar-refractivity contribution in [3.63, 3.8) is 0 Å². The number of rotatable bonds is 18. The molecular weight excluding hydrogens is 411 g/mol. The SMILES string of the molecule is CCCCCCCS(I)(CCCCCCC)CCCCCCC. The van der Waals surface area contributed by atoms with Gasteiger partial charge in [-0.2, -0.15) is 7.20 Å². The van der Waals surface area contributed by atoms with Gasteiger partial charge in [-0.25, -0.2) is 0 Å². The summed E-state index contributed by atoms with van der Waals surface area (Å²) in [6.07, 6.45) is 21.8. The van der Waals surface area contributed by atoms with Crippen LogP contribution in [0.5, 0.6) is 0 Å². The Morgan fingerprint density at radius 3 is 0.957 bits per heavy atom. The third-order valence-electron chi connectivity index (χ3n) is 4.84. The number of halogens is 1. The highest BCUT2D eigenvalue weighted by Crippen LogP contribution is 2.58. The molecule has 0 aromatic heterocycles. The largest absolute Gasteiger partial charge is 0.187 e. The molecule has 23 heavy (non-hydrogen) atoms. The molecule has 0 saturated carbocycles. The van der Waals surface area contributed by atoms with Gasteiger partial charge in [0.1, 0.15) is 0 Å². The molecule has 0 rings (SSSR count). The molecule has 0 radical (unpaired) electrons. The van der Waals surface area contributed by atoms with E-state index in [0.717, 1.165) is 0 Å². The highest BCUT2D eigenvalue weighted by atomic mass is 127. The monoisotopic (exact) mass is 456 g/mol. The molecule has 0 atom stereocenters. The Kier molecular flexibility index (Phi) is 18.7. The molecule has 0 unspecified atom stereocenters. The van der Waals surface area contributed by atoms with E-state index in [1.54, 1.807) is 17.3 Å². The first-order valence-corrected chi connectivity index (χ1v) is 15.3. The van der Waals surface area contributed by atoms with Gasteiger partial charge < -0.3 is 0 Å². The van der Waals surface area contributed by atoms with Crippen molar-refractivity contribution < 1.29 is 0 Å². The summed E-state index contributed by atoms with van der Waals surface area (Å²) in [6.45, 7) is 6.96. The summed E-state index contributed by atoms with van der Waals surface area (Å²) >= 11 is 2.94. The Bertz CT molecular complexity index is 194.